The van der Waals surface area contributed by atoms with Gasteiger partial charge in [-0.25, -0.2) is 0 Å². The van der Waals surface area contributed by atoms with Crippen LogP contribution in [0.5, 0.6) is 0 Å². The third-order valence-electron chi connectivity index (χ3n) is 9.23. The van der Waals surface area contributed by atoms with E-state index in [4.69, 9.17) is 0 Å². The summed E-state index contributed by atoms with van der Waals surface area (Å²) >= 11 is 0. The second-order valence-corrected chi connectivity index (χ2v) is 15.2. The molecule has 0 fully saturated rings. The minimum absolute atomic E-state index is 0.0247. The summed E-state index contributed by atoms with van der Waals surface area (Å²) in [6.07, 6.45) is -24.8. The number of alkyl halides is 34. The van der Waals surface area contributed by atoms with Crippen LogP contribution in [0.2, 0.25) is 0 Å². The molecule has 388 valence electrons. The van der Waals surface area contributed by atoms with Crippen LogP contribution in [-0.2, 0) is 12.8 Å². The van der Waals surface area contributed by atoms with Crippen molar-refractivity contribution in [1.82, 2.24) is 0 Å². The Morgan fingerprint density at radius 3 is 0.612 bits per heavy atom. The van der Waals surface area contributed by atoms with E-state index in [-0.39, 0.29) is 10.6 Å². The Kier molecular flexibility index (Phi) is 15.2. The van der Waals surface area contributed by atoms with Crippen LogP contribution in [0.1, 0.15) is 24.0 Å². The van der Waals surface area contributed by atoms with E-state index < -0.39 is 141 Å². The van der Waals surface area contributed by atoms with Crippen LogP contribution < -0.4 is 10.6 Å². The predicted molar refractivity (Wildman–Crippen MR) is 158 cm³/mol. The summed E-state index contributed by atoms with van der Waals surface area (Å²) < 4.78 is 459. The molecule has 0 saturated carbocycles. The van der Waals surface area contributed by atoms with Crippen molar-refractivity contribution in [2.45, 2.75) is 121 Å². The third-order valence-corrected chi connectivity index (χ3v) is 10.5. The maximum absolute atomic E-state index is 14.3. The molecule has 0 N–H and O–H groups in total. The van der Waals surface area contributed by atoms with Crippen molar-refractivity contribution in [3.8, 4) is 0 Å². The molecule has 0 saturated heterocycles. The lowest BCUT2D eigenvalue weighted by Gasteiger charge is -2.42. The lowest BCUT2D eigenvalue weighted by Crippen LogP contribution is -2.74. The molecule has 0 atom stereocenters. The van der Waals surface area contributed by atoms with E-state index in [1.165, 1.54) is 0 Å². The van der Waals surface area contributed by atoms with E-state index in [1.54, 1.807) is 0 Å². The van der Waals surface area contributed by atoms with E-state index in [0.29, 0.717) is 24.3 Å². The standard InChI is InChI=1S/C32H17F34P/c33-17(34,19(37,38)21(41,42)23(45,46)25(49,50)27(53,54)29(57,58)31(61,62)63)11-9-13-1-5-15(6-2-13)67-16-7-3-14(4-8-16)10-12-18(35,36)20(39,40)22(43,44)24(47,48)26(51,52)28(55,56)30(59,60)32(64,65)66/h1-8,67H,9-12H2. The molecule has 0 aliphatic rings. The molecule has 35 heteroatoms. The zero-order chi connectivity index (χ0) is 53.5. The molecule has 2 aromatic carbocycles. The van der Waals surface area contributed by atoms with Crippen LogP contribution in [0, 0.1) is 0 Å². The molecule has 0 aromatic heterocycles. The Bertz CT molecular complexity index is 1860. The molecule has 0 amide bonds. The highest BCUT2D eigenvalue weighted by Gasteiger charge is 2.96. The van der Waals surface area contributed by atoms with Crippen molar-refractivity contribution < 1.29 is 149 Å². The van der Waals surface area contributed by atoms with Gasteiger partial charge in [-0.1, -0.05) is 57.1 Å². The van der Waals surface area contributed by atoms with Crippen molar-refractivity contribution in [3.05, 3.63) is 59.7 Å². The van der Waals surface area contributed by atoms with Gasteiger partial charge in [-0.15, -0.1) is 0 Å². The van der Waals surface area contributed by atoms with Gasteiger partial charge >= 0.3 is 95.3 Å². The topological polar surface area (TPSA) is 0 Å². The van der Waals surface area contributed by atoms with Crippen LogP contribution in [-0.4, -0.2) is 95.3 Å². The monoisotopic (exact) mass is 1080 g/mol. The zero-order valence-corrected chi connectivity index (χ0v) is 31.8. The first kappa shape index (κ1) is 59.6. The molecule has 0 spiro atoms. The molecule has 0 aliphatic heterocycles. The largest absolute Gasteiger partial charge is 0.460 e. The smallest absolute Gasteiger partial charge is 0.200 e. The average Bonchev–Trinajstić information content (AvgIpc) is 3.15. The maximum Gasteiger partial charge on any atom is 0.460 e. The Hall–Kier alpha value is -3.51. The number of aryl methyl sites for hydroxylation is 2. The zero-order valence-electron chi connectivity index (χ0n) is 30.8. The molecular weight excluding hydrogens is 1060 g/mol. The van der Waals surface area contributed by atoms with Crippen LogP contribution in [0.4, 0.5) is 149 Å². The van der Waals surface area contributed by atoms with Gasteiger partial charge in [0.25, 0.3) is 0 Å². The first-order valence-electron chi connectivity index (χ1n) is 16.5. The van der Waals surface area contributed by atoms with Crippen molar-refractivity contribution >= 4 is 19.2 Å². The number of halogens is 34. The SMILES string of the molecule is FC(F)(F)C(F)(F)C(F)(F)C(F)(F)C(F)(F)C(F)(F)C(F)(F)C(F)(F)CCc1ccc(Pc2ccc(CCC(F)(F)C(F)(F)C(F)(F)C(F)(F)C(F)(F)C(F)(F)C(F)(F)C(F)(F)F)cc2)cc1. The molecule has 0 aliphatic carbocycles. The highest BCUT2D eigenvalue weighted by molar-refractivity contribution is 7.55. The van der Waals surface area contributed by atoms with Crippen LogP contribution in [0.15, 0.2) is 48.5 Å². The first-order valence-corrected chi connectivity index (χ1v) is 17.5. The molecule has 2 aromatic rings. The van der Waals surface area contributed by atoms with Crippen LogP contribution in [0.3, 0.4) is 0 Å². The number of hydrogen-bond donors (Lipinski definition) is 0. The van der Waals surface area contributed by atoms with Gasteiger partial charge in [-0.2, -0.15) is 149 Å². The maximum atomic E-state index is 14.3. The molecule has 0 nitrogen and oxygen atoms in total. The average molecular weight is 1080 g/mol. The van der Waals surface area contributed by atoms with Gasteiger partial charge in [0.15, 0.2) is 0 Å². The van der Waals surface area contributed by atoms with Gasteiger partial charge in [0.05, 0.1) is 0 Å². The molecule has 0 unspecified atom stereocenters. The Morgan fingerprint density at radius 1 is 0.239 bits per heavy atom. The summed E-state index contributed by atoms with van der Waals surface area (Å²) in [6.45, 7) is 0. The lowest BCUT2D eigenvalue weighted by molar-refractivity contribution is -0.461. The fourth-order valence-electron chi connectivity index (χ4n) is 4.99. The Morgan fingerprint density at radius 2 is 0.418 bits per heavy atom. The van der Waals surface area contributed by atoms with Crippen molar-refractivity contribution in [3.63, 3.8) is 0 Å². The van der Waals surface area contributed by atoms with E-state index in [2.05, 4.69) is 0 Å². The molecule has 2 rings (SSSR count). The molecule has 0 radical (unpaired) electrons. The summed E-state index contributed by atoms with van der Waals surface area (Å²) in [5.41, 5.74) is -1.34. The van der Waals surface area contributed by atoms with E-state index in [0.717, 1.165) is 24.3 Å². The second-order valence-electron chi connectivity index (χ2n) is 13.8. The Labute approximate surface area is 349 Å². The van der Waals surface area contributed by atoms with Crippen LogP contribution in [0.25, 0.3) is 0 Å². The molecule has 0 bridgehead atoms. The van der Waals surface area contributed by atoms with Crippen molar-refractivity contribution in [2.24, 2.45) is 0 Å². The quantitative estimate of drug-likeness (QED) is 0.0916. The highest BCUT2D eigenvalue weighted by atomic mass is 31.1. The van der Waals surface area contributed by atoms with Gasteiger partial charge in [0, 0.05) is 12.8 Å². The summed E-state index contributed by atoms with van der Waals surface area (Å²) in [5, 5.41) is -0.0495. The van der Waals surface area contributed by atoms with Crippen molar-refractivity contribution in [1.29, 1.82) is 0 Å². The minimum atomic E-state index is -8.82. The predicted octanol–water partition coefficient (Wildman–Crippen LogP) is 14.2. The Balaban J connectivity index is 2.23. The van der Waals surface area contributed by atoms with E-state index in [9.17, 15) is 149 Å². The normalized spacial score (nSPS) is 15.9. The van der Waals surface area contributed by atoms with Gasteiger partial charge in [0.1, 0.15) is 0 Å². The lowest BCUT2D eigenvalue weighted by atomic mass is 9.87. The minimum Gasteiger partial charge on any atom is -0.200 e. The fraction of sp³-hybridized carbons (Fsp3) is 0.625. The highest BCUT2D eigenvalue weighted by Crippen LogP contribution is 2.66. The number of hydrogen-bond acceptors (Lipinski definition) is 0. The van der Waals surface area contributed by atoms with Gasteiger partial charge in [0.2, 0.25) is 0 Å². The molecule has 67 heavy (non-hydrogen) atoms. The van der Waals surface area contributed by atoms with E-state index >= 15 is 0 Å². The van der Waals surface area contributed by atoms with Crippen molar-refractivity contribution in [2.75, 3.05) is 0 Å². The van der Waals surface area contributed by atoms with Crippen LogP contribution >= 0.6 is 8.58 Å². The summed E-state index contributed by atoms with van der Waals surface area (Å²) in [5.74, 6) is -116. The molecular formula is C32H17F34P. The summed E-state index contributed by atoms with van der Waals surface area (Å²) in [4.78, 5) is 0. The first-order chi connectivity index (χ1) is 29.1. The number of benzene rings is 2. The summed E-state index contributed by atoms with van der Waals surface area (Å²) in [7, 11) is -0.745. The van der Waals surface area contributed by atoms with Gasteiger partial charge in [-0.3, -0.25) is 0 Å². The van der Waals surface area contributed by atoms with Gasteiger partial charge in [-0.05, 0) is 34.6 Å². The fourth-order valence-corrected chi connectivity index (χ4v) is 5.99. The molecule has 0 heterocycles. The summed E-state index contributed by atoms with van der Waals surface area (Å²) in [6, 6.07) is 5.94. The number of rotatable bonds is 20. The second kappa shape index (κ2) is 17.1. The van der Waals surface area contributed by atoms with E-state index in [1.807, 2.05) is 0 Å². The van der Waals surface area contributed by atoms with Gasteiger partial charge < -0.3 is 0 Å². The third kappa shape index (κ3) is 9.10.